The van der Waals surface area contributed by atoms with E-state index in [0.29, 0.717) is 13.2 Å². The molecule has 0 saturated carbocycles. The van der Waals surface area contributed by atoms with E-state index in [2.05, 4.69) is 39.1 Å². The zero-order valence-electron chi connectivity index (χ0n) is 9.62. The maximum absolute atomic E-state index is 5.51. The Bertz CT molecular complexity index is 338. The van der Waals surface area contributed by atoms with E-state index in [1.165, 1.54) is 9.14 Å². The van der Waals surface area contributed by atoms with Crippen LogP contribution in [0.25, 0.3) is 0 Å². The summed E-state index contributed by atoms with van der Waals surface area (Å²) >= 11 is -1.94. The Morgan fingerprint density at radius 3 is 2.40 bits per heavy atom. The molecule has 0 spiro atoms. The van der Waals surface area contributed by atoms with Gasteiger partial charge in [0.2, 0.25) is 0 Å². The molecule has 0 N–H and O–H groups in total. The quantitative estimate of drug-likeness (QED) is 0.780. The van der Waals surface area contributed by atoms with E-state index in [9.17, 15) is 0 Å². The molecule has 1 aliphatic rings. The Balaban J connectivity index is 2.26. The van der Waals surface area contributed by atoms with Crippen molar-refractivity contribution >= 4 is 22.0 Å². The number of rotatable bonds is 2. The normalized spacial score (nSPS) is 18.3. The molecule has 0 aliphatic carbocycles. The van der Waals surface area contributed by atoms with E-state index >= 15 is 0 Å². The molecule has 1 aliphatic heterocycles. The zero-order valence-corrected chi connectivity index (χ0v) is 12.5. The summed E-state index contributed by atoms with van der Waals surface area (Å²) in [5, 5.41) is 0. The average Bonchev–Trinajstić information content (AvgIpc) is 2.69. The third-order valence-corrected chi connectivity index (χ3v) is 8.48. The van der Waals surface area contributed by atoms with Crippen LogP contribution in [0.5, 0.6) is 0 Å². The summed E-state index contributed by atoms with van der Waals surface area (Å²) < 4.78 is 12.5. The van der Waals surface area contributed by atoms with Crippen LogP contribution in [0, 0.1) is 0 Å². The minimum atomic E-state index is -1.94. The topological polar surface area (TPSA) is 18.5 Å². The monoisotopic (exact) mass is 314 g/mol. The van der Waals surface area contributed by atoms with E-state index in [4.69, 9.17) is 9.47 Å². The van der Waals surface area contributed by atoms with Crippen molar-refractivity contribution < 1.29 is 9.47 Å². The first kappa shape index (κ1) is 11.4. The average molecular weight is 313 g/mol. The molecule has 1 fully saturated rings. The fourth-order valence-electron chi connectivity index (χ4n) is 1.70. The van der Waals surface area contributed by atoms with Gasteiger partial charge in [-0.2, -0.15) is 0 Å². The van der Waals surface area contributed by atoms with Gasteiger partial charge in [0, 0.05) is 0 Å². The number of ether oxygens (including phenoxy) is 2. The summed E-state index contributed by atoms with van der Waals surface area (Å²) in [6, 6.07) is 8.73. The van der Waals surface area contributed by atoms with Crippen LogP contribution in [-0.4, -0.2) is 31.6 Å². The third kappa shape index (κ3) is 2.74. The van der Waals surface area contributed by atoms with Gasteiger partial charge in [0.05, 0.1) is 0 Å². The SMILES string of the molecule is [CH3][Sn]([CH3])([CH3])[c]1cccc(C2OCCO2)c1. The zero-order chi connectivity index (χ0) is 10.9. The molecular weight excluding hydrogens is 295 g/mol. The van der Waals surface area contributed by atoms with Crippen molar-refractivity contribution in [2.45, 2.75) is 21.1 Å². The Kier molecular flexibility index (Phi) is 3.38. The molecule has 2 rings (SSSR count). The second kappa shape index (κ2) is 4.43. The van der Waals surface area contributed by atoms with Crippen LogP contribution in [0.4, 0.5) is 0 Å². The minimum absolute atomic E-state index is 0.126. The van der Waals surface area contributed by atoms with E-state index in [0.717, 1.165) is 0 Å². The van der Waals surface area contributed by atoms with Gasteiger partial charge < -0.3 is 0 Å². The Labute approximate surface area is 95.5 Å². The molecule has 15 heavy (non-hydrogen) atoms. The molecule has 0 atom stereocenters. The predicted molar refractivity (Wildman–Crippen MR) is 64.1 cm³/mol. The molecule has 1 aromatic rings. The van der Waals surface area contributed by atoms with Crippen molar-refractivity contribution in [3.63, 3.8) is 0 Å². The van der Waals surface area contributed by atoms with Crippen molar-refractivity contribution in [2.24, 2.45) is 0 Å². The number of hydrogen-bond acceptors (Lipinski definition) is 2. The first-order valence-electron chi connectivity index (χ1n) is 5.41. The second-order valence-corrected chi connectivity index (χ2v) is 19.4. The molecular formula is C12H18O2Sn. The molecule has 1 saturated heterocycles. The first-order valence-corrected chi connectivity index (χ1v) is 15.4. The summed E-state index contributed by atoms with van der Waals surface area (Å²) in [6.07, 6.45) is -0.126. The molecule has 0 amide bonds. The van der Waals surface area contributed by atoms with Gasteiger partial charge in [-0.3, -0.25) is 0 Å². The molecule has 0 unspecified atom stereocenters. The van der Waals surface area contributed by atoms with E-state index < -0.39 is 18.4 Å². The van der Waals surface area contributed by atoms with Gasteiger partial charge in [-0.15, -0.1) is 0 Å². The maximum atomic E-state index is 5.51. The first-order chi connectivity index (χ1) is 7.07. The fraction of sp³-hybridized carbons (Fsp3) is 0.500. The van der Waals surface area contributed by atoms with Gasteiger partial charge in [0.25, 0.3) is 0 Å². The van der Waals surface area contributed by atoms with Crippen molar-refractivity contribution in [2.75, 3.05) is 13.2 Å². The summed E-state index contributed by atoms with van der Waals surface area (Å²) in [5.41, 5.74) is 1.18. The van der Waals surface area contributed by atoms with Crippen molar-refractivity contribution in [3.05, 3.63) is 29.8 Å². The van der Waals surface area contributed by atoms with Gasteiger partial charge in [-0.1, -0.05) is 0 Å². The van der Waals surface area contributed by atoms with Crippen LogP contribution in [-0.2, 0) is 9.47 Å². The standard InChI is InChI=1S/C9H9O2.3CH3.Sn/c1-2-4-8(5-3-1)9-10-6-7-11-9;;;;/h1-2,4-5,9H,6-7H2;3*1H3;. The van der Waals surface area contributed by atoms with Crippen LogP contribution >= 0.6 is 0 Å². The van der Waals surface area contributed by atoms with Crippen LogP contribution < -0.4 is 3.58 Å². The van der Waals surface area contributed by atoms with Crippen molar-refractivity contribution in [1.82, 2.24) is 0 Å². The molecule has 0 bridgehead atoms. The summed E-state index contributed by atoms with van der Waals surface area (Å²) in [7, 11) is 0. The summed E-state index contributed by atoms with van der Waals surface area (Å²) in [5.74, 6) is 0. The van der Waals surface area contributed by atoms with Crippen LogP contribution in [0.1, 0.15) is 11.9 Å². The fourth-order valence-corrected chi connectivity index (χ4v) is 5.12. The van der Waals surface area contributed by atoms with Gasteiger partial charge >= 0.3 is 95.6 Å². The predicted octanol–water partition coefficient (Wildman–Crippen LogP) is 2.28. The number of benzene rings is 1. The van der Waals surface area contributed by atoms with Gasteiger partial charge in [0.1, 0.15) is 0 Å². The molecule has 3 heteroatoms. The van der Waals surface area contributed by atoms with Crippen LogP contribution in [0.2, 0.25) is 14.8 Å². The summed E-state index contributed by atoms with van der Waals surface area (Å²) in [6.45, 7) is 1.43. The molecule has 82 valence electrons. The van der Waals surface area contributed by atoms with Crippen molar-refractivity contribution in [3.8, 4) is 0 Å². The van der Waals surface area contributed by atoms with E-state index in [-0.39, 0.29) is 6.29 Å². The number of hydrogen-bond donors (Lipinski definition) is 0. The third-order valence-electron chi connectivity index (χ3n) is 2.65. The molecule has 0 aromatic heterocycles. The Morgan fingerprint density at radius 1 is 1.13 bits per heavy atom. The molecule has 1 heterocycles. The molecule has 1 aromatic carbocycles. The van der Waals surface area contributed by atoms with Gasteiger partial charge in [0.15, 0.2) is 0 Å². The van der Waals surface area contributed by atoms with E-state index in [1.54, 1.807) is 0 Å². The van der Waals surface area contributed by atoms with Crippen molar-refractivity contribution in [1.29, 1.82) is 0 Å². The van der Waals surface area contributed by atoms with Gasteiger partial charge in [-0.25, -0.2) is 0 Å². The van der Waals surface area contributed by atoms with E-state index in [1.807, 2.05) is 0 Å². The Morgan fingerprint density at radius 2 is 1.80 bits per heavy atom. The van der Waals surface area contributed by atoms with Crippen LogP contribution in [0.15, 0.2) is 24.3 Å². The van der Waals surface area contributed by atoms with Crippen LogP contribution in [0.3, 0.4) is 0 Å². The summed E-state index contributed by atoms with van der Waals surface area (Å²) in [4.78, 5) is 7.26. The second-order valence-electron chi connectivity index (χ2n) is 4.95. The molecule has 0 radical (unpaired) electrons. The molecule has 2 nitrogen and oxygen atoms in total. The Hall–Kier alpha value is -0.0613. The van der Waals surface area contributed by atoms with Gasteiger partial charge in [-0.05, 0) is 0 Å².